The van der Waals surface area contributed by atoms with Crippen molar-refractivity contribution in [2.45, 2.75) is 44.8 Å². The van der Waals surface area contributed by atoms with Gasteiger partial charge in [-0.25, -0.2) is 0 Å². The fourth-order valence-corrected chi connectivity index (χ4v) is 5.99. The van der Waals surface area contributed by atoms with Crippen molar-refractivity contribution in [3.8, 4) is 0 Å². The van der Waals surface area contributed by atoms with Crippen molar-refractivity contribution in [2.24, 2.45) is 5.92 Å². The quantitative estimate of drug-likeness (QED) is 0.566. The highest BCUT2D eigenvalue weighted by Gasteiger charge is 2.52. The van der Waals surface area contributed by atoms with Crippen LogP contribution in [-0.4, -0.2) is 90.7 Å². The van der Waals surface area contributed by atoms with Gasteiger partial charge in [0.15, 0.2) is 5.78 Å². The highest BCUT2D eigenvalue weighted by atomic mass is 16.2. The molecule has 9 heteroatoms. The number of anilines is 1. The Bertz CT molecular complexity index is 1230. The van der Waals surface area contributed by atoms with Gasteiger partial charge >= 0.3 is 0 Å². The zero-order chi connectivity index (χ0) is 27.5. The van der Waals surface area contributed by atoms with Crippen molar-refractivity contribution in [3.63, 3.8) is 0 Å². The van der Waals surface area contributed by atoms with Gasteiger partial charge in [-0.15, -0.1) is 0 Å². The van der Waals surface area contributed by atoms with E-state index in [1.807, 2.05) is 38.1 Å². The highest BCUT2D eigenvalue weighted by Crippen LogP contribution is 2.32. The average Bonchev–Trinajstić information content (AvgIpc) is 3.54. The summed E-state index contributed by atoms with van der Waals surface area (Å²) in [6.07, 6.45) is 0.993. The molecule has 2 N–H and O–H groups in total. The van der Waals surface area contributed by atoms with E-state index < -0.39 is 12.1 Å². The zero-order valence-electron chi connectivity index (χ0n) is 22.6. The third kappa shape index (κ3) is 5.68. The predicted molar refractivity (Wildman–Crippen MR) is 149 cm³/mol. The van der Waals surface area contributed by atoms with Crippen LogP contribution in [0.1, 0.15) is 47.4 Å². The second-order valence-electron chi connectivity index (χ2n) is 11.0. The standard InChI is InChI=1S/C30H37N5O4/c1-20(2)17-24(32-28(37)22-9-6-10-23(18-22)33-15-12-31-13-16-33)30(39)34-14-11-25-27(34)26(36)19-35(25)29(38)21-7-4-3-5-8-21/h3-10,18,20,24-25,27,31H,11-17,19H2,1-2H3,(H,32,37)/t24-,25?,27?/m0/s1. The van der Waals surface area contributed by atoms with Crippen LogP contribution in [0.25, 0.3) is 0 Å². The van der Waals surface area contributed by atoms with Crippen LogP contribution in [0, 0.1) is 5.92 Å². The molecule has 2 aromatic carbocycles. The van der Waals surface area contributed by atoms with E-state index in [2.05, 4.69) is 15.5 Å². The number of hydrogen-bond donors (Lipinski definition) is 2. The van der Waals surface area contributed by atoms with Gasteiger partial charge in [-0.3, -0.25) is 19.2 Å². The van der Waals surface area contributed by atoms with Crippen LogP contribution in [0.5, 0.6) is 0 Å². The number of piperazine rings is 1. The summed E-state index contributed by atoms with van der Waals surface area (Å²) in [5.41, 5.74) is 2.02. The molecule has 5 rings (SSSR count). The first kappa shape index (κ1) is 26.9. The monoisotopic (exact) mass is 531 g/mol. The Labute approximate surface area is 229 Å². The molecule has 3 fully saturated rings. The Balaban J connectivity index is 1.30. The fourth-order valence-electron chi connectivity index (χ4n) is 5.99. The van der Waals surface area contributed by atoms with Gasteiger partial charge in [-0.05, 0) is 49.1 Å². The lowest BCUT2D eigenvalue weighted by Gasteiger charge is -2.30. The van der Waals surface area contributed by atoms with E-state index in [9.17, 15) is 19.2 Å². The maximum absolute atomic E-state index is 13.8. The number of rotatable bonds is 7. The molecule has 39 heavy (non-hydrogen) atoms. The van der Waals surface area contributed by atoms with Crippen LogP contribution in [-0.2, 0) is 9.59 Å². The molecule has 0 radical (unpaired) electrons. The molecule has 3 atom stereocenters. The molecule has 0 saturated carbocycles. The molecule has 3 aliphatic rings. The lowest BCUT2D eigenvalue weighted by atomic mass is 10.0. The molecular formula is C30H37N5O4. The van der Waals surface area contributed by atoms with E-state index in [1.165, 1.54) is 0 Å². The number of likely N-dealkylation sites (tertiary alicyclic amines) is 2. The van der Waals surface area contributed by atoms with E-state index in [-0.39, 0.29) is 42.0 Å². The van der Waals surface area contributed by atoms with Crippen LogP contribution in [0.4, 0.5) is 5.69 Å². The fraction of sp³-hybridized carbons (Fsp3) is 0.467. The normalized spacial score (nSPS) is 21.7. The van der Waals surface area contributed by atoms with Crippen LogP contribution >= 0.6 is 0 Å². The third-order valence-corrected chi connectivity index (χ3v) is 7.89. The lowest BCUT2D eigenvalue weighted by molar-refractivity contribution is -0.138. The molecule has 2 unspecified atom stereocenters. The largest absolute Gasteiger partial charge is 0.369 e. The maximum Gasteiger partial charge on any atom is 0.254 e. The maximum atomic E-state index is 13.8. The number of nitrogens with one attached hydrogen (secondary N) is 2. The van der Waals surface area contributed by atoms with E-state index in [0.29, 0.717) is 30.5 Å². The first-order chi connectivity index (χ1) is 18.8. The lowest BCUT2D eigenvalue weighted by Crippen LogP contribution is -2.53. The van der Waals surface area contributed by atoms with Gasteiger partial charge in [-0.2, -0.15) is 0 Å². The Morgan fingerprint density at radius 3 is 2.38 bits per heavy atom. The number of amides is 3. The molecule has 3 saturated heterocycles. The van der Waals surface area contributed by atoms with Crippen molar-refractivity contribution in [2.75, 3.05) is 44.2 Å². The van der Waals surface area contributed by atoms with Crippen molar-refractivity contribution in [3.05, 3.63) is 65.7 Å². The van der Waals surface area contributed by atoms with Crippen LogP contribution in [0.15, 0.2) is 54.6 Å². The van der Waals surface area contributed by atoms with E-state index in [4.69, 9.17) is 0 Å². The summed E-state index contributed by atoms with van der Waals surface area (Å²) < 4.78 is 0. The van der Waals surface area contributed by atoms with Crippen molar-refractivity contribution < 1.29 is 19.2 Å². The molecule has 3 aliphatic heterocycles. The minimum atomic E-state index is -0.759. The molecule has 0 aromatic heterocycles. The van der Waals surface area contributed by atoms with Crippen molar-refractivity contribution >= 4 is 29.2 Å². The molecule has 0 aliphatic carbocycles. The molecular weight excluding hydrogens is 494 g/mol. The topological polar surface area (TPSA) is 102 Å². The van der Waals surface area contributed by atoms with Gasteiger partial charge in [-0.1, -0.05) is 38.1 Å². The van der Waals surface area contributed by atoms with E-state index in [1.54, 1.807) is 40.1 Å². The summed E-state index contributed by atoms with van der Waals surface area (Å²) in [5.74, 6) is -0.735. The number of Topliss-reactive ketones (excluding diaryl/α,β-unsaturated/α-hetero) is 1. The summed E-state index contributed by atoms with van der Waals surface area (Å²) in [6.45, 7) is 7.91. The van der Waals surface area contributed by atoms with E-state index >= 15 is 0 Å². The van der Waals surface area contributed by atoms with Gasteiger partial charge in [0.2, 0.25) is 5.91 Å². The van der Waals surface area contributed by atoms with Gasteiger partial charge < -0.3 is 25.3 Å². The van der Waals surface area contributed by atoms with Crippen molar-refractivity contribution in [1.29, 1.82) is 0 Å². The SMILES string of the molecule is CC(C)C[C@H](NC(=O)c1cccc(N2CCNCC2)c1)C(=O)N1CCC2C1C(=O)CN2C(=O)c1ccccc1. The predicted octanol–water partition coefficient (Wildman–Crippen LogP) is 1.94. The number of benzene rings is 2. The minimum absolute atomic E-state index is 0.00708. The Kier molecular flexibility index (Phi) is 7.97. The molecule has 0 bridgehead atoms. The zero-order valence-corrected chi connectivity index (χ0v) is 22.6. The van der Waals surface area contributed by atoms with Crippen molar-refractivity contribution in [1.82, 2.24) is 20.4 Å². The average molecular weight is 532 g/mol. The summed E-state index contributed by atoms with van der Waals surface area (Å²) in [5, 5.41) is 6.31. The van der Waals surface area contributed by atoms with Gasteiger partial charge in [0, 0.05) is 49.5 Å². The Hall–Kier alpha value is -3.72. The molecule has 2 aromatic rings. The van der Waals surface area contributed by atoms with Crippen LogP contribution < -0.4 is 15.5 Å². The third-order valence-electron chi connectivity index (χ3n) is 7.89. The number of ketones is 1. The number of carbonyl (C=O) groups is 4. The smallest absolute Gasteiger partial charge is 0.254 e. The van der Waals surface area contributed by atoms with Crippen LogP contribution in [0.3, 0.4) is 0 Å². The first-order valence-electron chi connectivity index (χ1n) is 13.9. The molecule has 206 valence electrons. The number of hydrogen-bond acceptors (Lipinski definition) is 6. The van der Waals surface area contributed by atoms with Gasteiger partial charge in [0.25, 0.3) is 11.8 Å². The Morgan fingerprint density at radius 2 is 1.67 bits per heavy atom. The molecule has 3 heterocycles. The van der Waals surface area contributed by atoms with Gasteiger partial charge in [0.1, 0.15) is 12.1 Å². The van der Waals surface area contributed by atoms with Crippen LogP contribution in [0.2, 0.25) is 0 Å². The molecule has 0 spiro atoms. The second kappa shape index (κ2) is 11.6. The highest BCUT2D eigenvalue weighted by molar-refractivity contribution is 6.03. The summed E-state index contributed by atoms with van der Waals surface area (Å²) in [4.78, 5) is 58.9. The summed E-state index contributed by atoms with van der Waals surface area (Å²) in [7, 11) is 0. The minimum Gasteiger partial charge on any atom is -0.369 e. The van der Waals surface area contributed by atoms with E-state index in [0.717, 1.165) is 31.9 Å². The van der Waals surface area contributed by atoms with Gasteiger partial charge in [0.05, 0.1) is 12.6 Å². The first-order valence-corrected chi connectivity index (χ1v) is 13.9. The number of nitrogens with zero attached hydrogens (tertiary/aromatic N) is 3. The summed E-state index contributed by atoms with van der Waals surface area (Å²) in [6, 6.07) is 14.6. The Morgan fingerprint density at radius 1 is 0.949 bits per heavy atom. The molecule has 9 nitrogen and oxygen atoms in total. The molecule has 3 amide bonds. The second-order valence-corrected chi connectivity index (χ2v) is 11.0. The number of carbonyl (C=O) groups excluding carboxylic acids is 4. The summed E-state index contributed by atoms with van der Waals surface area (Å²) >= 11 is 0. The number of fused-ring (bicyclic) bond motifs is 1.